The third kappa shape index (κ3) is 8.83. The van der Waals surface area contributed by atoms with Crippen LogP contribution >= 0.6 is 0 Å². The van der Waals surface area contributed by atoms with Crippen LogP contribution in [0.1, 0.15) is 47.1 Å². The zero-order valence-electron chi connectivity index (χ0n) is 18.0. The Labute approximate surface area is 167 Å². The van der Waals surface area contributed by atoms with Crippen molar-refractivity contribution in [1.29, 1.82) is 0 Å². The van der Waals surface area contributed by atoms with Gasteiger partial charge in [0, 0.05) is 18.7 Å². The molecule has 0 saturated heterocycles. The van der Waals surface area contributed by atoms with Gasteiger partial charge < -0.3 is 30.5 Å². The van der Waals surface area contributed by atoms with Crippen LogP contribution < -0.4 is 20.7 Å². The third-order valence-electron chi connectivity index (χ3n) is 3.58. The van der Waals surface area contributed by atoms with Crippen molar-refractivity contribution >= 4 is 12.1 Å². The predicted molar refractivity (Wildman–Crippen MR) is 111 cm³/mol. The second-order valence-corrected chi connectivity index (χ2v) is 8.05. The van der Waals surface area contributed by atoms with Crippen LogP contribution in [0.2, 0.25) is 0 Å². The van der Waals surface area contributed by atoms with Gasteiger partial charge in [-0.3, -0.25) is 0 Å². The Hall–Kier alpha value is -2.64. The first-order chi connectivity index (χ1) is 13.0. The molecular formula is C20H34N4O4. The summed E-state index contributed by atoms with van der Waals surface area (Å²) in [5.41, 5.74) is -0.456. The number of rotatable bonds is 7. The molecule has 0 aromatic heterocycles. The molecule has 158 valence electrons. The quantitative estimate of drug-likeness (QED) is 0.419. The van der Waals surface area contributed by atoms with Crippen LogP contribution in [0.4, 0.5) is 4.79 Å². The predicted octanol–water partition coefficient (Wildman–Crippen LogP) is 2.76. The molecule has 8 nitrogen and oxygen atoms in total. The Kier molecular flexibility index (Phi) is 8.40. The first-order valence-electron chi connectivity index (χ1n) is 9.35. The average Bonchev–Trinajstić information content (AvgIpc) is 2.56. The van der Waals surface area contributed by atoms with E-state index in [9.17, 15) is 9.90 Å². The zero-order valence-corrected chi connectivity index (χ0v) is 18.0. The number of nitrogens with zero attached hydrogens (tertiary/aromatic N) is 1. The van der Waals surface area contributed by atoms with Crippen LogP contribution in [0.15, 0.2) is 23.2 Å². The normalized spacial score (nSPS) is 12.3. The van der Waals surface area contributed by atoms with Crippen molar-refractivity contribution in [2.24, 2.45) is 4.99 Å². The third-order valence-corrected chi connectivity index (χ3v) is 3.58. The number of carbonyl (C=O) groups is 1. The molecule has 0 bridgehead atoms. The largest absolute Gasteiger partial charge is 0.508 e. The Morgan fingerprint density at radius 1 is 1.18 bits per heavy atom. The minimum absolute atomic E-state index is 0.160. The number of carbonyl (C=O) groups excluding carboxylic acids is 1. The molecule has 1 amide bonds. The van der Waals surface area contributed by atoms with Gasteiger partial charge in [0.05, 0.1) is 19.2 Å². The summed E-state index contributed by atoms with van der Waals surface area (Å²) in [4.78, 5) is 16.5. The number of alkyl carbamates (subject to hydrolysis) is 1. The fourth-order valence-electron chi connectivity index (χ4n) is 2.25. The molecule has 0 unspecified atom stereocenters. The highest BCUT2D eigenvalue weighted by molar-refractivity contribution is 5.80. The van der Waals surface area contributed by atoms with Gasteiger partial charge >= 0.3 is 6.09 Å². The van der Waals surface area contributed by atoms with Gasteiger partial charge in [0.15, 0.2) is 5.96 Å². The molecular weight excluding hydrogens is 360 g/mol. The number of ether oxygens (including phenoxy) is 2. The highest BCUT2D eigenvalue weighted by Crippen LogP contribution is 2.23. The van der Waals surface area contributed by atoms with Gasteiger partial charge in [0.2, 0.25) is 0 Å². The van der Waals surface area contributed by atoms with E-state index in [0.29, 0.717) is 30.4 Å². The fourth-order valence-corrected chi connectivity index (χ4v) is 2.25. The van der Waals surface area contributed by atoms with Gasteiger partial charge in [-0.05, 0) is 59.7 Å². The molecule has 0 spiro atoms. The maximum absolute atomic E-state index is 12.0. The van der Waals surface area contributed by atoms with Crippen molar-refractivity contribution in [2.45, 2.75) is 59.2 Å². The highest BCUT2D eigenvalue weighted by atomic mass is 16.6. The molecule has 1 aromatic carbocycles. The van der Waals surface area contributed by atoms with E-state index < -0.39 is 17.2 Å². The van der Waals surface area contributed by atoms with Crippen LogP contribution in [0.3, 0.4) is 0 Å². The monoisotopic (exact) mass is 394 g/mol. The molecule has 0 saturated carbocycles. The summed E-state index contributed by atoms with van der Waals surface area (Å²) in [5, 5.41) is 19.2. The Morgan fingerprint density at radius 2 is 1.86 bits per heavy atom. The van der Waals surface area contributed by atoms with Crippen LogP contribution in [0.25, 0.3) is 0 Å². The minimum Gasteiger partial charge on any atom is -0.508 e. The summed E-state index contributed by atoms with van der Waals surface area (Å²) in [7, 11) is 1.57. The number of amides is 1. The van der Waals surface area contributed by atoms with Gasteiger partial charge in [0.25, 0.3) is 0 Å². The lowest BCUT2D eigenvalue weighted by Gasteiger charge is -2.29. The lowest BCUT2D eigenvalue weighted by atomic mass is 10.1. The van der Waals surface area contributed by atoms with Crippen molar-refractivity contribution < 1.29 is 19.4 Å². The number of aromatic hydroxyl groups is 1. The molecule has 1 aromatic rings. The topological polar surface area (TPSA) is 104 Å². The molecule has 0 radical (unpaired) electrons. The van der Waals surface area contributed by atoms with E-state index in [4.69, 9.17) is 9.47 Å². The summed E-state index contributed by atoms with van der Waals surface area (Å²) in [6, 6.07) is 5.02. The minimum atomic E-state index is -0.559. The molecule has 28 heavy (non-hydrogen) atoms. The zero-order chi connectivity index (χ0) is 21.4. The van der Waals surface area contributed by atoms with Gasteiger partial charge in [-0.25, -0.2) is 9.79 Å². The second-order valence-electron chi connectivity index (χ2n) is 8.05. The number of phenolic OH excluding ortho intramolecular Hbond substituents is 1. The fraction of sp³-hybridized carbons (Fsp3) is 0.600. The van der Waals surface area contributed by atoms with Crippen LogP contribution in [-0.4, -0.2) is 48.5 Å². The molecule has 0 heterocycles. The Bertz CT molecular complexity index is 681. The van der Waals surface area contributed by atoms with E-state index in [2.05, 4.69) is 20.9 Å². The molecule has 0 aliphatic carbocycles. The van der Waals surface area contributed by atoms with Crippen molar-refractivity contribution in [3.8, 4) is 11.5 Å². The summed E-state index contributed by atoms with van der Waals surface area (Å²) >= 11 is 0. The van der Waals surface area contributed by atoms with Crippen molar-refractivity contribution in [3.63, 3.8) is 0 Å². The number of guanidine groups is 1. The summed E-state index contributed by atoms with van der Waals surface area (Å²) in [6.07, 6.45) is -0.470. The molecule has 1 rings (SSSR count). The van der Waals surface area contributed by atoms with Gasteiger partial charge in [-0.2, -0.15) is 0 Å². The summed E-state index contributed by atoms with van der Waals surface area (Å²) in [5.74, 6) is 1.39. The first-order valence-corrected chi connectivity index (χ1v) is 9.35. The van der Waals surface area contributed by atoms with Crippen LogP contribution in [-0.2, 0) is 11.3 Å². The van der Waals surface area contributed by atoms with Crippen molar-refractivity contribution in [1.82, 2.24) is 16.0 Å². The maximum Gasteiger partial charge on any atom is 0.408 e. The highest BCUT2D eigenvalue weighted by Gasteiger charge is 2.24. The maximum atomic E-state index is 12.0. The SMILES string of the molecule is CCNC(=NCc1cc(OC)ccc1O)NCC(C)(C)NC(=O)OC(C)(C)C. The van der Waals surface area contributed by atoms with Gasteiger partial charge in [-0.1, -0.05) is 0 Å². The molecule has 0 aliphatic heterocycles. The van der Waals surface area contributed by atoms with Crippen molar-refractivity contribution in [2.75, 3.05) is 20.2 Å². The van der Waals surface area contributed by atoms with Crippen LogP contribution in [0.5, 0.6) is 11.5 Å². The van der Waals surface area contributed by atoms with E-state index in [1.165, 1.54) is 0 Å². The van der Waals surface area contributed by atoms with E-state index >= 15 is 0 Å². The molecule has 0 aliphatic rings. The second kappa shape index (κ2) is 10.1. The Morgan fingerprint density at radius 3 is 2.43 bits per heavy atom. The standard InChI is InChI=1S/C20H34N4O4/c1-8-21-17(22-12-14-11-15(27-7)9-10-16(14)25)23-13-20(5,6)24-18(26)28-19(2,3)4/h9-11,25H,8,12-13H2,1-7H3,(H,24,26)(H2,21,22,23). The van der Waals surface area contributed by atoms with Gasteiger partial charge in [0.1, 0.15) is 17.1 Å². The molecule has 0 atom stereocenters. The van der Waals surface area contributed by atoms with E-state index in [-0.39, 0.29) is 12.3 Å². The number of hydrogen-bond donors (Lipinski definition) is 4. The van der Waals surface area contributed by atoms with E-state index in [0.717, 1.165) is 0 Å². The summed E-state index contributed by atoms with van der Waals surface area (Å²) < 4.78 is 10.5. The lowest BCUT2D eigenvalue weighted by molar-refractivity contribution is 0.0474. The number of nitrogens with one attached hydrogen (secondary N) is 3. The van der Waals surface area contributed by atoms with Crippen molar-refractivity contribution in [3.05, 3.63) is 23.8 Å². The summed E-state index contributed by atoms with van der Waals surface area (Å²) in [6.45, 7) is 12.6. The number of benzene rings is 1. The number of aliphatic imine (C=N–C) groups is 1. The first kappa shape index (κ1) is 23.4. The Balaban J connectivity index is 2.73. The molecule has 0 fully saturated rings. The van der Waals surface area contributed by atoms with Gasteiger partial charge in [-0.15, -0.1) is 0 Å². The number of hydrogen-bond acceptors (Lipinski definition) is 5. The smallest absolute Gasteiger partial charge is 0.408 e. The number of methoxy groups -OCH3 is 1. The van der Waals surface area contributed by atoms with E-state index in [1.54, 1.807) is 25.3 Å². The number of phenols is 1. The molecule has 8 heteroatoms. The lowest BCUT2D eigenvalue weighted by Crippen LogP contribution is -2.54. The molecule has 4 N–H and O–H groups in total. The van der Waals surface area contributed by atoms with E-state index in [1.807, 2.05) is 41.5 Å². The van der Waals surface area contributed by atoms with Crippen LogP contribution in [0, 0.1) is 0 Å². The average molecular weight is 395 g/mol.